The van der Waals surface area contributed by atoms with Crippen LogP contribution < -0.4 is 5.32 Å². The first-order valence-electron chi connectivity index (χ1n) is 9.89. The van der Waals surface area contributed by atoms with Gasteiger partial charge < -0.3 is 10.2 Å². The van der Waals surface area contributed by atoms with Crippen molar-refractivity contribution in [3.63, 3.8) is 0 Å². The minimum atomic E-state index is 0.295. The number of carbonyl (C=O) groups is 1. The fraction of sp³-hybridized carbons (Fsp3) is 0.435. The highest BCUT2D eigenvalue weighted by Gasteiger charge is 2.21. The van der Waals surface area contributed by atoms with Gasteiger partial charge in [0.05, 0.1) is 0 Å². The molecule has 0 atom stereocenters. The van der Waals surface area contributed by atoms with Crippen LogP contribution in [0, 0.1) is 0 Å². The summed E-state index contributed by atoms with van der Waals surface area (Å²) in [7, 11) is 1.98. The van der Waals surface area contributed by atoms with Crippen LogP contribution in [-0.4, -0.2) is 37.0 Å². The number of rotatable bonds is 5. The Kier molecular flexibility index (Phi) is 5.07. The number of benzene rings is 2. The van der Waals surface area contributed by atoms with Crippen molar-refractivity contribution < 1.29 is 4.79 Å². The molecule has 1 amide bonds. The predicted octanol–water partition coefficient (Wildman–Crippen LogP) is 3.79. The lowest BCUT2D eigenvalue weighted by molar-refractivity contribution is -0.132. The van der Waals surface area contributed by atoms with E-state index >= 15 is 0 Å². The number of nitrogens with zero attached hydrogens (tertiary/aromatic N) is 1. The van der Waals surface area contributed by atoms with Gasteiger partial charge in [-0.2, -0.15) is 0 Å². The van der Waals surface area contributed by atoms with Crippen LogP contribution in [0.1, 0.15) is 42.4 Å². The molecule has 0 radical (unpaired) electrons. The van der Waals surface area contributed by atoms with Gasteiger partial charge in [-0.25, -0.2) is 0 Å². The summed E-state index contributed by atoms with van der Waals surface area (Å²) in [5, 5.41) is 3.36. The Balaban J connectivity index is 1.34. The van der Waals surface area contributed by atoms with Crippen molar-refractivity contribution in [2.24, 2.45) is 0 Å². The third kappa shape index (κ3) is 3.54. The summed E-state index contributed by atoms with van der Waals surface area (Å²) in [6.07, 6.45) is 5.74. The maximum absolute atomic E-state index is 12.5. The second-order valence-corrected chi connectivity index (χ2v) is 7.66. The Hall–Kier alpha value is -2.13. The monoisotopic (exact) mass is 348 g/mol. The van der Waals surface area contributed by atoms with Crippen LogP contribution in [0.3, 0.4) is 0 Å². The van der Waals surface area contributed by atoms with E-state index < -0.39 is 0 Å². The SMILES string of the molecule is CN(C(=O)CCCc1ccc2c(c1)-c1ccccc1C2)C1CCNCC1. The average molecular weight is 348 g/mol. The number of amides is 1. The minimum Gasteiger partial charge on any atom is -0.343 e. The first kappa shape index (κ1) is 17.3. The van der Waals surface area contributed by atoms with E-state index in [4.69, 9.17) is 0 Å². The van der Waals surface area contributed by atoms with Crippen LogP contribution in [0.5, 0.6) is 0 Å². The van der Waals surface area contributed by atoms with Gasteiger partial charge in [0.2, 0.25) is 5.91 Å². The van der Waals surface area contributed by atoms with Crippen LogP contribution in [-0.2, 0) is 17.6 Å². The number of hydrogen-bond acceptors (Lipinski definition) is 2. The quantitative estimate of drug-likeness (QED) is 0.761. The van der Waals surface area contributed by atoms with Gasteiger partial charge in [-0.3, -0.25) is 4.79 Å². The molecule has 26 heavy (non-hydrogen) atoms. The number of nitrogens with one attached hydrogen (secondary N) is 1. The smallest absolute Gasteiger partial charge is 0.222 e. The van der Waals surface area contributed by atoms with Crippen molar-refractivity contribution >= 4 is 5.91 Å². The highest BCUT2D eigenvalue weighted by Crippen LogP contribution is 2.37. The number of aryl methyl sites for hydroxylation is 1. The topological polar surface area (TPSA) is 32.3 Å². The lowest BCUT2D eigenvalue weighted by atomic mass is 9.99. The zero-order valence-electron chi connectivity index (χ0n) is 15.6. The lowest BCUT2D eigenvalue weighted by Gasteiger charge is -2.31. The van der Waals surface area contributed by atoms with Crippen molar-refractivity contribution in [2.75, 3.05) is 20.1 Å². The maximum atomic E-state index is 12.5. The first-order chi connectivity index (χ1) is 12.7. The Morgan fingerprint density at radius 3 is 2.69 bits per heavy atom. The molecular weight excluding hydrogens is 320 g/mol. The highest BCUT2D eigenvalue weighted by molar-refractivity contribution is 5.77. The van der Waals surface area contributed by atoms with Crippen LogP contribution in [0.2, 0.25) is 0 Å². The van der Waals surface area contributed by atoms with E-state index in [0.29, 0.717) is 18.4 Å². The number of piperidine rings is 1. The summed E-state index contributed by atoms with van der Waals surface area (Å²) < 4.78 is 0. The Morgan fingerprint density at radius 1 is 1.08 bits per heavy atom. The summed E-state index contributed by atoms with van der Waals surface area (Å²) in [4.78, 5) is 14.5. The molecule has 0 bridgehead atoms. The Morgan fingerprint density at radius 2 is 1.85 bits per heavy atom. The molecule has 0 aromatic heterocycles. The number of carbonyl (C=O) groups excluding carboxylic acids is 1. The molecule has 0 spiro atoms. The van der Waals surface area contributed by atoms with Crippen LogP contribution in [0.15, 0.2) is 42.5 Å². The summed E-state index contributed by atoms with van der Waals surface area (Å²) >= 11 is 0. The molecule has 0 saturated carbocycles. The molecule has 1 aliphatic carbocycles. The number of hydrogen-bond donors (Lipinski definition) is 1. The molecule has 3 nitrogen and oxygen atoms in total. The summed E-state index contributed by atoms with van der Waals surface area (Å²) in [6, 6.07) is 16.0. The molecular formula is C23H28N2O. The van der Waals surface area contributed by atoms with Crippen LogP contribution in [0.4, 0.5) is 0 Å². The normalized spacial score (nSPS) is 16.2. The Labute approximate surface area is 156 Å². The highest BCUT2D eigenvalue weighted by atomic mass is 16.2. The summed E-state index contributed by atoms with van der Waals surface area (Å²) in [5.41, 5.74) is 6.97. The van der Waals surface area contributed by atoms with E-state index in [1.165, 1.54) is 27.8 Å². The zero-order chi connectivity index (χ0) is 17.9. The second kappa shape index (κ2) is 7.63. The van der Waals surface area contributed by atoms with E-state index in [1.807, 2.05) is 11.9 Å². The second-order valence-electron chi connectivity index (χ2n) is 7.66. The van der Waals surface area contributed by atoms with Crippen molar-refractivity contribution in [3.8, 4) is 11.1 Å². The van der Waals surface area contributed by atoms with Crippen molar-refractivity contribution in [2.45, 2.75) is 44.6 Å². The predicted molar refractivity (Wildman–Crippen MR) is 106 cm³/mol. The molecule has 1 heterocycles. The molecule has 0 unspecified atom stereocenters. The summed E-state index contributed by atoms with van der Waals surface area (Å²) in [5.74, 6) is 0.295. The first-order valence-corrected chi connectivity index (χ1v) is 9.89. The van der Waals surface area contributed by atoms with Crippen LogP contribution in [0.25, 0.3) is 11.1 Å². The minimum absolute atomic E-state index is 0.295. The van der Waals surface area contributed by atoms with Gasteiger partial charge in [-0.05, 0) is 73.0 Å². The average Bonchev–Trinajstić information content (AvgIpc) is 3.06. The van der Waals surface area contributed by atoms with E-state index in [-0.39, 0.29) is 0 Å². The van der Waals surface area contributed by atoms with Gasteiger partial charge >= 0.3 is 0 Å². The van der Waals surface area contributed by atoms with Gasteiger partial charge in [0.25, 0.3) is 0 Å². The molecule has 4 rings (SSSR count). The van der Waals surface area contributed by atoms with E-state index in [1.54, 1.807) is 0 Å². The molecule has 2 aliphatic rings. The lowest BCUT2D eigenvalue weighted by Crippen LogP contribution is -2.43. The van der Waals surface area contributed by atoms with Crippen molar-refractivity contribution in [1.82, 2.24) is 10.2 Å². The zero-order valence-corrected chi connectivity index (χ0v) is 15.6. The standard InChI is InChI=1S/C23H28N2O/c1-25(20-11-13-24-14-12-20)23(26)8-4-5-17-9-10-19-16-18-6-2-3-7-21(18)22(19)15-17/h2-3,6-7,9-10,15,20,24H,4-5,8,11-14,16H2,1H3. The van der Waals surface area contributed by atoms with Crippen LogP contribution >= 0.6 is 0 Å². The van der Waals surface area contributed by atoms with Gasteiger partial charge in [0.15, 0.2) is 0 Å². The fourth-order valence-electron chi connectivity index (χ4n) is 4.34. The fourth-order valence-corrected chi connectivity index (χ4v) is 4.34. The molecule has 136 valence electrons. The van der Waals surface area contributed by atoms with Gasteiger partial charge in [-0.15, -0.1) is 0 Å². The third-order valence-electron chi connectivity index (χ3n) is 5.97. The molecule has 1 saturated heterocycles. The number of fused-ring (bicyclic) bond motifs is 3. The molecule has 3 heteroatoms. The molecule has 1 fully saturated rings. The largest absolute Gasteiger partial charge is 0.343 e. The van der Waals surface area contributed by atoms with Gasteiger partial charge in [0.1, 0.15) is 0 Å². The maximum Gasteiger partial charge on any atom is 0.222 e. The summed E-state index contributed by atoms with van der Waals surface area (Å²) in [6.45, 7) is 2.05. The van der Waals surface area contributed by atoms with E-state index in [0.717, 1.165) is 45.2 Å². The Bertz CT molecular complexity index is 793. The molecule has 2 aromatic carbocycles. The van der Waals surface area contributed by atoms with E-state index in [2.05, 4.69) is 47.8 Å². The molecule has 2 aromatic rings. The van der Waals surface area contributed by atoms with Crippen molar-refractivity contribution in [1.29, 1.82) is 0 Å². The third-order valence-corrected chi connectivity index (χ3v) is 5.97. The van der Waals surface area contributed by atoms with E-state index in [9.17, 15) is 4.79 Å². The van der Waals surface area contributed by atoms with Gasteiger partial charge in [0, 0.05) is 19.5 Å². The van der Waals surface area contributed by atoms with Crippen molar-refractivity contribution in [3.05, 3.63) is 59.2 Å². The van der Waals surface area contributed by atoms with Gasteiger partial charge in [-0.1, -0.05) is 42.5 Å². The molecule has 1 N–H and O–H groups in total. The molecule has 1 aliphatic heterocycles.